The molecule has 2 saturated heterocycles. The van der Waals surface area contributed by atoms with Crippen LogP contribution in [0.25, 0.3) is 5.76 Å². The number of fused-ring (bicyclic) bond motifs is 3. The number of Topliss-reactive ketones (excluding diaryl/α,β-unsaturated/α-hetero) is 1. The maximum Gasteiger partial charge on any atom is 0.296 e. The number of aliphatic hydroxyl groups excluding tert-OH is 1. The van der Waals surface area contributed by atoms with Gasteiger partial charge in [0, 0.05) is 43.9 Å². The summed E-state index contributed by atoms with van der Waals surface area (Å²) in [6, 6.07) is 12.1. The van der Waals surface area contributed by atoms with Gasteiger partial charge in [0.2, 0.25) is 0 Å². The van der Waals surface area contributed by atoms with E-state index >= 15 is 0 Å². The van der Waals surface area contributed by atoms with Crippen LogP contribution in [0.2, 0.25) is 0 Å². The predicted octanol–water partition coefficient (Wildman–Crippen LogP) is 2.51. The van der Waals surface area contributed by atoms with Gasteiger partial charge >= 0.3 is 0 Å². The third-order valence-corrected chi connectivity index (χ3v) is 8.10. The Balaban J connectivity index is 1.52. The van der Waals surface area contributed by atoms with Crippen LogP contribution in [0, 0.1) is 0 Å². The Morgan fingerprint density at radius 3 is 2.45 bits per heavy atom. The molecule has 4 heterocycles. The second kappa shape index (κ2) is 10.6. The highest BCUT2D eigenvalue weighted by Crippen LogP contribution is 2.53. The van der Waals surface area contributed by atoms with Gasteiger partial charge in [0.15, 0.2) is 17.0 Å². The van der Waals surface area contributed by atoms with Crippen LogP contribution in [0.4, 0.5) is 5.69 Å². The lowest BCUT2D eigenvalue weighted by atomic mass is 9.82. The molecule has 0 radical (unpaired) electrons. The van der Waals surface area contributed by atoms with Gasteiger partial charge < -0.3 is 29.1 Å². The van der Waals surface area contributed by atoms with Crippen LogP contribution in [-0.2, 0) is 24.7 Å². The van der Waals surface area contributed by atoms with Gasteiger partial charge in [0.05, 0.1) is 24.5 Å². The second-order valence-electron chi connectivity index (χ2n) is 10.4. The average Bonchev–Trinajstić information content (AvgIpc) is 3.37. The number of unbranched alkanes of at least 4 members (excludes halogenated alkanes) is 1. The van der Waals surface area contributed by atoms with Gasteiger partial charge in [-0.3, -0.25) is 19.3 Å². The Morgan fingerprint density at radius 1 is 0.925 bits per heavy atom. The maximum atomic E-state index is 14.6. The molecule has 2 fully saturated rings. The molecular weight excluding hydrogens is 514 g/mol. The summed E-state index contributed by atoms with van der Waals surface area (Å²) >= 11 is 0. The SMILES string of the molecule is CCCCN1C(=O)[C@]2(C(=C(O)c3ccc4c(c3)OCCO4)C(=O)C(=O)N2CCN2CCOCC2)c2ccccc21. The summed E-state index contributed by atoms with van der Waals surface area (Å²) in [7, 11) is 0. The minimum Gasteiger partial charge on any atom is -0.507 e. The molecule has 2 amide bonds. The van der Waals surface area contributed by atoms with Crippen molar-refractivity contribution >= 4 is 29.0 Å². The molecule has 2 aromatic carbocycles. The number of nitrogens with zero attached hydrogens (tertiary/aromatic N) is 3. The zero-order valence-electron chi connectivity index (χ0n) is 22.6. The van der Waals surface area contributed by atoms with Gasteiger partial charge in [-0.2, -0.15) is 0 Å². The maximum absolute atomic E-state index is 14.6. The summed E-state index contributed by atoms with van der Waals surface area (Å²) in [5.41, 5.74) is -0.550. The van der Waals surface area contributed by atoms with E-state index < -0.39 is 28.9 Å². The minimum atomic E-state index is -1.78. The van der Waals surface area contributed by atoms with E-state index in [0.717, 1.165) is 12.8 Å². The van der Waals surface area contributed by atoms with Gasteiger partial charge in [-0.1, -0.05) is 31.5 Å². The highest BCUT2D eigenvalue weighted by molar-refractivity contribution is 6.50. The highest BCUT2D eigenvalue weighted by Gasteiger charge is 2.67. The number of carbonyl (C=O) groups is 3. The standard InChI is InChI=1S/C30H33N3O7/c1-2-3-10-32-22-7-5-4-6-21(22)30(29(32)37)25(26(34)20-8-9-23-24(19-20)40-18-17-39-23)27(35)28(36)33(30)12-11-31-13-15-38-16-14-31/h4-9,19,34H,2-3,10-18H2,1H3/t30-/m1/s1. The summed E-state index contributed by atoms with van der Waals surface area (Å²) < 4.78 is 16.8. The summed E-state index contributed by atoms with van der Waals surface area (Å²) in [5, 5.41) is 11.8. The molecule has 10 heteroatoms. The number of rotatable bonds is 7. The van der Waals surface area contributed by atoms with Crippen molar-refractivity contribution in [3.63, 3.8) is 0 Å². The zero-order valence-corrected chi connectivity index (χ0v) is 22.6. The fraction of sp³-hybridized carbons (Fsp3) is 0.433. The van der Waals surface area contributed by atoms with Gasteiger partial charge in [-0.05, 0) is 30.7 Å². The minimum absolute atomic E-state index is 0.143. The van der Waals surface area contributed by atoms with Crippen molar-refractivity contribution in [1.29, 1.82) is 0 Å². The summed E-state index contributed by atoms with van der Waals surface area (Å²) in [4.78, 5) is 47.4. The number of ether oxygens (including phenoxy) is 3. The van der Waals surface area contributed by atoms with E-state index in [-0.39, 0.29) is 17.7 Å². The molecular formula is C30H33N3O7. The van der Waals surface area contributed by atoms with Crippen LogP contribution in [0.5, 0.6) is 11.5 Å². The molecule has 1 spiro atoms. The molecule has 4 aliphatic heterocycles. The number of morpholine rings is 1. The van der Waals surface area contributed by atoms with Gasteiger partial charge in [-0.25, -0.2) is 0 Å². The van der Waals surface area contributed by atoms with Crippen molar-refractivity contribution in [3.8, 4) is 11.5 Å². The molecule has 0 aromatic heterocycles. The Hall–Kier alpha value is -3.89. The quantitative estimate of drug-likeness (QED) is 0.320. The van der Waals surface area contributed by atoms with Crippen molar-refractivity contribution in [1.82, 2.24) is 9.80 Å². The fourth-order valence-electron chi connectivity index (χ4n) is 6.11. The van der Waals surface area contributed by atoms with E-state index in [1.807, 2.05) is 19.1 Å². The van der Waals surface area contributed by atoms with E-state index in [0.29, 0.717) is 75.4 Å². The molecule has 0 unspecified atom stereocenters. The molecule has 10 nitrogen and oxygen atoms in total. The number of para-hydroxylation sites is 1. The van der Waals surface area contributed by atoms with Crippen LogP contribution in [0.15, 0.2) is 48.0 Å². The Bertz CT molecular complexity index is 1380. The van der Waals surface area contributed by atoms with E-state index in [1.54, 1.807) is 35.2 Å². The number of likely N-dealkylation sites (tertiary alicyclic amines) is 1. The first-order valence-corrected chi connectivity index (χ1v) is 13.9. The van der Waals surface area contributed by atoms with Crippen LogP contribution in [0.1, 0.15) is 30.9 Å². The van der Waals surface area contributed by atoms with Crippen LogP contribution >= 0.6 is 0 Å². The van der Waals surface area contributed by atoms with Crippen molar-refractivity contribution in [2.45, 2.75) is 25.3 Å². The van der Waals surface area contributed by atoms with Gasteiger partial charge in [-0.15, -0.1) is 0 Å². The molecule has 0 saturated carbocycles. The molecule has 40 heavy (non-hydrogen) atoms. The third kappa shape index (κ3) is 4.05. The summed E-state index contributed by atoms with van der Waals surface area (Å²) in [5.74, 6) is -1.54. The van der Waals surface area contributed by atoms with E-state index in [9.17, 15) is 19.5 Å². The molecule has 1 atom stereocenters. The zero-order chi connectivity index (χ0) is 27.9. The molecule has 0 aliphatic carbocycles. The van der Waals surface area contributed by atoms with Crippen LogP contribution in [0.3, 0.4) is 0 Å². The number of ketones is 1. The van der Waals surface area contributed by atoms with Gasteiger partial charge in [0.1, 0.15) is 19.0 Å². The monoisotopic (exact) mass is 547 g/mol. The Morgan fingerprint density at radius 2 is 1.68 bits per heavy atom. The number of aliphatic hydroxyl groups is 1. The predicted molar refractivity (Wildman–Crippen MR) is 146 cm³/mol. The smallest absolute Gasteiger partial charge is 0.296 e. The van der Waals surface area contributed by atoms with E-state index in [2.05, 4.69) is 4.90 Å². The van der Waals surface area contributed by atoms with Crippen LogP contribution < -0.4 is 14.4 Å². The Kier molecular flexibility index (Phi) is 6.97. The average molecular weight is 548 g/mol. The number of carbonyl (C=O) groups excluding carboxylic acids is 3. The first-order chi connectivity index (χ1) is 19.5. The molecule has 210 valence electrons. The molecule has 0 bridgehead atoms. The molecule has 4 aliphatic rings. The fourth-order valence-corrected chi connectivity index (χ4v) is 6.11. The number of anilines is 1. The van der Waals surface area contributed by atoms with Gasteiger partial charge in [0.25, 0.3) is 17.6 Å². The molecule has 1 N–H and O–H groups in total. The summed E-state index contributed by atoms with van der Waals surface area (Å²) in [6.07, 6.45) is 1.61. The number of hydrogen-bond acceptors (Lipinski definition) is 8. The first-order valence-electron chi connectivity index (χ1n) is 13.9. The normalized spacial score (nSPS) is 23.8. The lowest BCUT2D eigenvalue weighted by Crippen LogP contribution is -2.54. The second-order valence-corrected chi connectivity index (χ2v) is 10.4. The lowest BCUT2D eigenvalue weighted by molar-refractivity contribution is -0.144. The first kappa shape index (κ1) is 26.3. The topological polar surface area (TPSA) is 109 Å². The van der Waals surface area contributed by atoms with Crippen molar-refractivity contribution < 1.29 is 33.7 Å². The van der Waals surface area contributed by atoms with Crippen molar-refractivity contribution in [2.24, 2.45) is 0 Å². The number of amides is 2. The van der Waals surface area contributed by atoms with Crippen LogP contribution in [-0.4, -0.2) is 91.7 Å². The van der Waals surface area contributed by atoms with Crippen molar-refractivity contribution in [3.05, 3.63) is 59.2 Å². The summed E-state index contributed by atoms with van der Waals surface area (Å²) in [6.45, 7) is 6.40. The number of benzene rings is 2. The third-order valence-electron chi connectivity index (χ3n) is 8.10. The van der Waals surface area contributed by atoms with Crippen molar-refractivity contribution in [2.75, 3.05) is 64.1 Å². The molecule has 2 aromatic rings. The highest BCUT2D eigenvalue weighted by atomic mass is 16.6. The molecule has 6 rings (SSSR count). The Labute approximate surface area is 232 Å². The van der Waals surface area contributed by atoms with E-state index in [1.165, 1.54) is 4.90 Å². The van der Waals surface area contributed by atoms with E-state index in [4.69, 9.17) is 14.2 Å². The number of hydrogen-bond donors (Lipinski definition) is 1. The largest absolute Gasteiger partial charge is 0.507 e. The lowest BCUT2D eigenvalue weighted by Gasteiger charge is -2.36.